The van der Waals surface area contributed by atoms with Crippen LogP contribution in [0.1, 0.15) is 31.4 Å². The van der Waals surface area contributed by atoms with Gasteiger partial charge >= 0.3 is 0 Å². The summed E-state index contributed by atoms with van der Waals surface area (Å²) in [5, 5.41) is 8.63. The molecule has 2 bridgehead atoms. The van der Waals surface area contributed by atoms with Crippen molar-refractivity contribution in [3.8, 4) is 0 Å². The highest BCUT2D eigenvalue weighted by Crippen LogP contribution is 2.29. The van der Waals surface area contributed by atoms with Crippen molar-refractivity contribution in [1.29, 1.82) is 0 Å². The Morgan fingerprint density at radius 3 is 2.84 bits per heavy atom. The number of fused-ring (bicyclic) bond motifs is 3. The molecule has 1 aromatic heterocycles. The minimum absolute atomic E-state index is 0.266. The first kappa shape index (κ1) is 17.0. The van der Waals surface area contributed by atoms with E-state index in [0.29, 0.717) is 17.9 Å². The third-order valence-corrected chi connectivity index (χ3v) is 6.32. The van der Waals surface area contributed by atoms with Gasteiger partial charge in [-0.2, -0.15) is 0 Å². The fourth-order valence-electron chi connectivity index (χ4n) is 5.07. The molecule has 25 heavy (non-hydrogen) atoms. The van der Waals surface area contributed by atoms with Gasteiger partial charge in [0.15, 0.2) is 0 Å². The van der Waals surface area contributed by atoms with Crippen LogP contribution < -0.4 is 9.80 Å². The number of aromatic nitrogens is 3. The van der Waals surface area contributed by atoms with Gasteiger partial charge in [-0.3, -0.25) is 4.79 Å². The SMILES string of the molecule is C[NH+](C)Cc1cn(C[C@H]2C[C@@H]3CC[NH+]2C[C@@H]3C(=O)N2CCCC2)nn1. The summed E-state index contributed by atoms with van der Waals surface area (Å²) in [5.41, 5.74) is 1.06. The van der Waals surface area contributed by atoms with Crippen molar-refractivity contribution in [1.82, 2.24) is 19.9 Å². The first-order valence-corrected chi connectivity index (χ1v) is 9.91. The normalized spacial score (nSPS) is 31.9. The molecule has 0 saturated carbocycles. The molecule has 1 amide bonds. The van der Waals surface area contributed by atoms with Crippen LogP contribution in [0, 0.1) is 11.8 Å². The predicted octanol–water partition coefficient (Wildman–Crippen LogP) is -2.16. The third-order valence-electron chi connectivity index (χ3n) is 6.32. The molecule has 4 fully saturated rings. The number of piperidine rings is 3. The fraction of sp³-hybridized carbons (Fsp3) is 0.833. The van der Waals surface area contributed by atoms with Crippen LogP contribution in [0.15, 0.2) is 6.20 Å². The van der Waals surface area contributed by atoms with Gasteiger partial charge in [0.2, 0.25) is 5.91 Å². The lowest BCUT2D eigenvalue weighted by Crippen LogP contribution is -3.20. The summed E-state index contributed by atoms with van der Waals surface area (Å²) < 4.78 is 2.02. The Hall–Kier alpha value is -1.47. The summed E-state index contributed by atoms with van der Waals surface area (Å²) in [6.07, 6.45) is 6.84. The zero-order valence-corrected chi connectivity index (χ0v) is 15.6. The average molecular weight is 348 g/mol. The first-order valence-electron chi connectivity index (χ1n) is 9.91. The highest BCUT2D eigenvalue weighted by Gasteiger charge is 2.47. The maximum atomic E-state index is 12.8. The molecule has 7 nitrogen and oxygen atoms in total. The second-order valence-electron chi connectivity index (χ2n) is 8.55. The summed E-state index contributed by atoms with van der Waals surface area (Å²) in [5.74, 6) is 1.28. The number of carbonyl (C=O) groups excluding carboxylic acids is 1. The van der Waals surface area contributed by atoms with Crippen molar-refractivity contribution in [3.05, 3.63) is 11.9 Å². The van der Waals surface area contributed by atoms with E-state index in [0.717, 1.165) is 44.8 Å². The lowest BCUT2D eigenvalue weighted by Gasteiger charge is -2.46. The highest BCUT2D eigenvalue weighted by molar-refractivity contribution is 5.79. The van der Waals surface area contributed by atoms with E-state index < -0.39 is 0 Å². The number of hydrogen-bond acceptors (Lipinski definition) is 3. The lowest BCUT2D eigenvalue weighted by molar-refractivity contribution is -0.945. The number of nitrogens with zero attached hydrogens (tertiary/aromatic N) is 4. The van der Waals surface area contributed by atoms with Crippen molar-refractivity contribution < 1.29 is 14.6 Å². The third kappa shape index (κ3) is 3.58. The van der Waals surface area contributed by atoms with Gasteiger partial charge in [0.1, 0.15) is 18.3 Å². The molecule has 2 N–H and O–H groups in total. The summed E-state index contributed by atoms with van der Waals surface area (Å²) >= 11 is 0. The zero-order chi connectivity index (χ0) is 17.4. The minimum atomic E-state index is 0.266. The van der Waals surface area contributed by atoms with Crippen LogP contribution in [0.25, 0.3) is 0 Å². The van der Waals surface area contributed by atoms with Crippen LogP contribution in [0.5, 0.6) is 0 Å². The number of amides is 1. The molecule has 0 spiro atoms. The molecule has 0 aliphatic carbocycles. The molecule has 1 aromatic rings. The molecule has 4 aliphatic heterocycles. The molecule has 7 heteroatoms. The molecular formula is C18H32N6O+2. The Morgan fingerprint density at radius 2 is 2.16 bits per heavy atom. The van der Waals surface area contributed by atoms with Crippen molar-refractivity contribution in [2.45, 2.75) is 44.8 Å². The molecule has 4 aliphatic rings. The zero-order valence-electron chi connectivity index (χ0n) is 15.6. The smallest absolute Gasteiger partial charge is 0.231 e. The summed E-state index contributed by atoms with van der Waals surface area (Å²) in [4.78, 5) is 17.9. The van der Waals surface area contributed by atoms with Crippen LogP contribution in [-0.4, -0.2) is 72.1 Å². The van der Waals surface area contributed by atoms with Gasteiger partial charge in [-0.25, -0.2) is 4.68 Å². The quantitative estimate of drug-likeness (QED) is 0.637. The van der Waals surface area contributed by atoms with E-state index in [4.69, 9.17) is 0 Å². The Labute approximate surface area is 149 Å². The minimum Gasteiger partial charge on any atom is -0.342 e. The summed E-state index contributed by atoms with van der Waals surface area (Å²) in [6, 6.07) is 0.586. The van der Waals surface area contributed by atoms with E-state index in [1.54, 1.807) is 4.90 Å². The predicted molar refractivity (Wildman–Crippen MR) is 93.0 cm³/mol. The number of nitrogens with one attached hydrogen (secondary N) is 2. The topological polar surface area (TPSA) is 59.9 Å². The van der Waals surface area contributed by atoms with Crippen LogP contribution in [-0.2, 0) is 17.9 Å². The second kappa shape index (κ2) is 7.03. The maximum Gasteiger partial charge on any atom is 0.231 e. The first-order chi connectivity index (χ1) is 12.1. The molecule has 0 radical (unpaired) electrons. The van der Waals surface area contributed by atoms with Crippen LogP contribution in [0.4, 0.5) is 0 Å². The number of hydrogen-bond donors (Lipinski definition) is 2. The van der Waals surface area contributed by atoms with Crippen LogP contribution >= 0.6 is 0 Å². The van der Waals surface area contributed by atoms with Crippen molar-refractivity contribution in [3.63, 3.8) is 0 Å². The van der Waals surface area contributed by atoms with Crippen molar-refractivity contribution in [2.24, 2.45) is 11.8 Å². The largest absolute Gasteiger partial charge is 0.342 e. The van der Waals surface area contributed by atoms with E-state index in [1.165, 1.54) is 30.7 Å². The Balaban J connectivity index is 1.37. The van der Waals surface area contributed by atoms with Gasteiger partial charge in [-0.05, 0) is 18.8 Å². The maximum absolute atomic E-state index is 12.8. The monoisotopic (exact) mass is 348 g/mol. The molecule has 138 valence electrons. The van der Waals surface area contributed by atoms with Crippen molar-refractivity contribution in [2.75, 3.05) is 40.3 Å². The highest BCUT2D eigenvalue weighted by atomic mass is 16.2. The van der Waals surface area contributed by atoms with E-state index in [-0.39, 0.29) is 5.92 Å². The van der Waals surface area contributed by atoms with Crippen LogP contribution in [0.2, 0.25) is 0 Å². The number of likely N-dealkylation sites (tertiary alicyclic amines) is 1. The number of carbonyl (C=O) groups is 1. The van der Waals surface area contributed by atoms with Gasteiger partial charge in [0.05, 0.1) is 45.8 Å². The lowest BCUT2D eigenvalue weighted by atomic mass is 9.75. The molecule has 5 rings (SSSR count). The average Bonchev–Trinajstić information content (AvgIpc) is 3.26. The Bertz CT molecular complexity index is 608. The molecular weight excluding hydrogens is 316 g/mol. The van der Waals surface area contributed by atoms with Crippen LogP contribution in [0.3, 0.4) is 0 Å². The van der Waals surface area contributed by atoms with Gasteiger partial charge in [0, 0.05) is 25.9 Å². The fourth-order valence-corrected chi connectivity index (χ4v) is 5.07. The van der Waals surface area contributed by atoms with E-state index >= 15 is 0 Å². The van der Waals surface area contributed by atoms with Gasteiger partial charge in [-0.1, -0.05) is 5.21 Å². The van der Waals surface area contributed by atoms with Gasteiger partial charge < -0.3 is 14.7 Å². The summed E-state index contributed by atoms with van der Waals surface area (Å²) in [6.45, 7) is 6.05. The Morgan fingerprint density at radius 1 is 1.36 bits per heavy atom. The molecule has 4 atom stereocenters. The van der Waals surface area contributed by atoms with Gasteiger partial charge in [-0.15, -0.1) is 5.10 Å². The number of quaternary nitrogens is 2. The van der Waals surface area contributed by atoms with E-state index in [2.05, 4.69) is 35.5 Å². The number of rotatable bonds is 5. The molecule has 1 unspecified atom stereocenters. The van der Waals surface area contributed by atoms with E-state index in [1.807, 2.05) is 4.68 Å². The van der Waals surface area contributed by atoms with Gasteiger partial charge in [0.25, 0.3) is 0 Å². The van der Waals surface area contributed by atoms with Crippen molar-refractivity contribution >= 4 is 5.91 Å². The molecule has 5 heterocycles. The molecule has 0 aromatic carbocycles. The molecule has 4 saturated heterocycles. The van der Waals surface area contributed by atoms with E-state index in [9.17, 15) is 4.79 Å². The standard InChI is InChI=1S/C18H30N6O/c1-21(2)10-15-11-24(20-19-15)12-16-9-14-5-8-23(16)13-17(14)18(25)22-6-3-4-7-22/h11,14,16-17H,3-10,12-13H2,1-2H3/p+2/t14-,16+,17-/m0/s1. The second-order valence-corrected chi connectivity index (χ2v) is 8.55. The Kier molecular flexibility index (Phi) is 4.78. The summed E-state index contributed by atoms with van der Waals surface area (Å²) in [7, 11) is 4.26.